The van der Waals surface area contributed by atoms with Gasteiger partial charge in [-0.1, -0.05) is 0 Å². The Morgan fingerprint density at radius 2 is 2.14 bits per heavy atom. The highest BCUT2D eigenvalue weighted by Crippen LogP contribution is 2.35. The topological polar surface area (TPSA) is 75.3 Å². The summed E-state index contributed by atoms with van der Waals surface area (Å²) in [5, 5.41) is 10.7. The van der Waals surface area contributed by atoms with Crippen LogP contribution in [-0.4, -0.2) is 28.6 Å². The van der Waals surface area contributed by atoms with Crippen molar-refractivity contribution < 1.29 is 23.1 Å². The zero-order chi connectivity index (χ0) is 16.0. The van der Waals surface area contributed by atoms with Gasteiger partial charge in [0.15, 0.2) is 0 Å². The van der Waals surface area contributed by atoms with E-state index in [-0.39, 0.29) is 18.0 Å². The molecule has 1 unspecified atom stereocenters. The Bertz CT molecular complexity index is 495. The Balaban J connectivity index is 2.73. The molecule has 0 aliphatic rings. The average Bonchev–Trinajstić information content (AvgIpc) is 2.39. The van der Waals surface area contributed by atoms with Crippen LogP contribution in [0.4, 0.5) is 24.5 Å². The van der Waals surface area contributed by atoms with Gasteiger partial charge in [0, 0.05) is 18.0 Å². The van der Waals surface area contributed by atoms with Crippen LogP contribution in [0, 0.1) is 0 Å². The van der Waals surface area contributed by atoms with Crippen LogP contribution in [0.1, 0.15) is 18.9 Å². The highest BCUT2D eigenvalue weighted by molar-refractivity contribution is 8.00. The molecule has 0 aliphatic heterocycles. The molecule has 1 aromatic carbocycles. The van der Waals surface area contributed by atoms with Crippen molar-refractivity contribution in [3.8, 4) is 0 Å². The third-order valence-corrected chi connectivity index (χ3v) is 3.90. The van der Waals surface area contributed by atoms with Crippen molar-refractivity contribution in [1.82, 2.24) is 0 Å². The van der Waals surface area contributed by atoms with E-state index in [0.29, 0.717) is 12.2 Å². The number of anilines is 2. The van der Waals surface area contributed by atoms with Gasteiger partial charge in [-0.3, -0.25) is 4.79 Å². The molecule has 1 amide bonds. The van der Waals surface area contributed by atoms with Crippen molar-refractivity contribution in [3.63, 3.8) is 0 Å². The molecule has 1 rings (SSSR count). The molecule has 4 N–H and O–H groups in total. The van der Waals surface area contributed by atoms with Crippen LogP contribution in [0.15, 0.2) is 18.2 Å². The number of halogens is 3. The Labute approximate surface area is 124 Å². The number of benzene rings is 1. The Hall–Kier alpha value is -1.41. The summed E-state index contributed by atoms with van der Waals surface area (Å²) in [4.78, 5) is 11.8. The quantitative estimate of drug-likeness (QED) is 0.556. The third kappa shape index (κ3) is 5.47. The predicted molar refractivity (Wildman–Crippen MR) is 78.1 cm³/mol. The number of thioether (sulfide) groups is 1. The van der Waals surface area contributed by atoms with Gasteiger partial charge >= 0.3 is 6.18 Å². The van der Waals surface area contributed by atoms with E-state index >= 15 is 0 Å². The molecule has 0 heterocycles. The molecule has 8 heteroatoms. The lowest BCUT2D eigenvalue weighted by molar-refractivity contribution is -0.136. The monoisotopic (exact) mass is 322 g/mol. The minimum atomic E-state index is -4.56. The van der Waals surface area contributed by atoms with E-state index in [2.05, 4.69) is 5.32 Å². The predicted octanol–water partition coefficient (Wildman–Crippen LogP) is 2.73. The summed E-state index contributed by atoms with van der Waals surface area (Å²) in [6.07, 6.45) is -4.01. The van der Waals surface area contributed by atoms with E-state index in [4.69, 9.17) is 10.8 Å². The molecule has 1 atom stereocenters. The van der Waals surface area contributed by atoms with Gasteiger partial charge in [0.05, 0.1) is 10.8 Å². The second-order valence-electron chi connectivity index (χ2n) is 4.38. The number of carbonyl (C=O) groups excluding carboxylic acids is 1. The van der Waals surface area contributed by atoms with E-state index < -0.39 is 22.9 Å². The molecule has 4 nitrogen and oxygen atoms in total. The molecule has 0 radical (unpaired) electrons. The normalized spacial score (nSPS) is 13.0. The van der Waals surface area contributed by atoms with Crippen LogP contribution in [0.2, 0.25) is 0 Å². The van der Waals surface area contributed by atoms with E-state index in [1.807, 2.05) is 0 Å². The summed E-state index contributed by atoms with van der Waals surface area (Å²) in [6.45, 7) is 1.69. The van der Waals surface area contributed by atoms with Crippen molar-refractivity contribution in [1.29, 1.82) is 0 Å². The van der Waals surface area contributed by atoms with Gasteiger partial charge in [0.1, 0.15) is 0 Å². The van der Waals surface area contributed by atoms with Crippen LogP contribution in [0.25, 0.3) is 0 Å². The number of alkyl halides is 3. The van der Waals surface area contributed by atoms with E-state index in [1.165, 1.54) is 17.8 Å². The zero-order valence-electron chi connectivity index (χ0n) is 11.4. The highest BCUT2D eigenvalue weighted by Gasteiger charge is 2.33. The second kappa shape index (κ2) is 7.56. The molecule has 0 saturated carbocycles. The molecule has 0 spiro atoms. The number of amides is 1. The number of hydrogen-bond donors (Lipinski definition) is 3. The molecule has 0 saturated heterocycles. The third-order valence-electron chi connectivity index (χ3n) is 2.67. The van der Waals surface area contributed by atoms with Gasteiger partial charge in [-0.2, -0.15) is 13.2 Å². The van der Waals surface area contributed by atoms with Gasteiger partial charge in [0.2, 0.25) is 5.91 Å². The fraction of sp³-hybridized carbons (Fsp3) is 0.462. The van der Waals surface area contributed by atoms with Gasteiger partial charge in [-0.05, 0) is 37.3 Å². The van der Waals surface area contributed by atoms with Gasteiger partial charge < -0.3 is 16.2 Å². The Morgan fingerprint density at radius 3 is 2.71 bits per heavy atom. The van der Waals surface area contributed by atoms with Crippen LogP contribution >= 0.6 is 11.8 Å². The van der Waals surface area contributed by atoms with Crippen molar-refractivity contribution in [3.05, 3.63) is 23.8 Å². The number of hydrogen-bond acceptors (Lipinski definition) is 4. The van der Waals surface area contributed by atoms with Crippen LogP contribution in [0.3, 0.4) is 0 Å². The molecule has 0 fully saturated rings. The molecule has 0 aliphatic carbocycles. The second-order valence-corrected chi connectivity index (χ2v) is 5.83. The van der Waals surface area contributed by atoms with Crippen molar-refractivity contribution in [2.24, 2.45) is 0 Å². The largest absolute Gasteiger partial charge is 0.418 e. The highest BCUT2D eigenvalue weighted by atomic mass is 32.2. The first-order chi connectivity index (χ1) is 9.75. The maximum absolute atomic E-state index is 12.7. The summed E-state index contributed by atoms with van der Waals surface area (Å²) >= 11 is 1.32. The maximum Gasteiger partial charge on any atom is 0.418 e. The smallest absolute Gasteiger partial charge is 0.398 e. The summed E-state index contributed by atoms with van der Waals surface area (Å²) < 4.78 is 38.1. The number of aliphatic hydroxyl groups is 1. The Morgan fingerprint density at radius 1 is 1.48 bits per heavy atom. The average molecular weight is 322 g/mol. The summed E-state index contributed by atoms with van der Waals surface area (Å²) in [5.74, 6) is 0.205. The van der Waals surface area contributed by atoms with E-state index in [1.54, 1.807) is 6.92 Å². The standard InChI is InChI=1S/C13H17F3N2O2S/c1-8(21-6-2-5-19)12(20)18-9-3-4-11(17)10(7-9)13(14,15)16/h3-4,7-8,19H,2,5-6,17H2,1H3,(H,18,20). The fourth-order valence-electron chi connectivity index (χ4n) is 1.52. The summed E-state index contributed by atoms with van der Waals surface area (Å²) in [5.41, 5.74) is 3.98. The number of nitrogen functional groups attached to an aromatic ring is 1. The number of nitrogens with one attached hydrogen (secondary N) is 1. The molecule has 21 heavy (non-hydrogen) atoms. The number of carbonyl (C=O) groups is 1. The van der Waals surface area contributed by atoms with Gasteiger partial charge in [0.25, 0.3) is 0 Å². The van der Waals surface area contributed by atoms with Crippen LogP contribution < -0.4 is 11.1 Å². The van der Waals surface area contributed by atoms with Crippen molar-refractivity contribution in [2.45, 2.75) is 24.8 Å². The van der Waals surface area contributed by atoms with Crippen molar-refractivity contribution in [2.75, 3.05) is 23.4 Å². The minimum Gasteiger partial charge on any atom is -0.398 e. The first-order valence-electron chi connectivity index (χ1n) is 6.25. The SMILES string of the molecule is CC(SCCCO)C(=O)Nc1ccc(N)c(C(F)(F)F)c1. The molecular weight excluding hydrogens is 305 g/mol. The molecule has 1 aromatic rings. The maximum atomic E-state index is 12.7. The number of rotatable bonds is 6. The molecular formula is C13H17F3N2O2S. The van der Waals surface area contributed by atoms with Gasteiger partial charge in [-0.25, -0.2) is 0 Å². The summed E-state index contributed by atoms with van der Waals surface area (Å²) in [7, 11) is 0. The first-order valence-corrected chi connectivity index (χ1v) is 7.30. The number of aliphatic hydroxyl groups excluding tert-OH is 1. The molecule has 118 valence electrons. The number of nitrogens with two attached hydrogens (primary N) is 1. The summed E-state index contributed by atoms with van der Waals surface area (Å²) in [6, 6.07) is 3.26. The van der Waals surface area contributed by atoms with Crippen LogP contribution in [-0.2, 0) is 11.0 Å². The van der Waals surface area contributed by atoms with E-state index in [9.17, 15) is 18.0 Å². The zero-order valence-corrected chi connectivity index (χ0v) is 12.2. The van der Waals surface area contributed by atoms with Gasteiger partial charge in [-0.15, -0.1) is 11.8 Å². The molecule has 0 bridgehead atoms. The van der Waals surface area contributed by atoms with E-state index in [0.717, 1.165) is 12.1 Å². The lowest BCUT2D eigenvalue weighted by Gasteiger charge is -2.14. The van der Waals surface area contributed by atoms with Crippen LogP contribution in [0.5, 0.6) is 0 Å². The van der Waals surface area contributed by atoms with Crippen molar-refractivity contribution >= 4 is 29.0 Å². The lowest BCUT2D eigenvalue weighted by atomic mass is 10.1. The molecule has 0 aromatic heterocycles. The minimum absolute atomic E-state index is 0.0360. The first kappa shape index (κ1) is 17.6. The lowest BCUT2D eigenvalue weighted by Crippen LogP contribution is -2.23. The Kier molecular flexibility index (Phi) is 6.35. The fourth-order valence-corrected chi connectivity index (χ4v) is 2.38.